The van der Waals surface area contributed by atoms with Gasteiger partial charge < -0.3 is 14.8 Å². The number of hydrogen-bond acceptors (Lipinski definition) is 2. The number of quaternary nitrogens is 1. The molecule has 1 fully saturated rings. The van der Waals surface area contributed by atoms with Gasteiger partial charge in [-0.1, -0.05) is 24.3 Å². The first-order chi connectivity index (χ1) is 7.66. The van der Waals surface area contributed by atoms with E-state index in [0.29, 0.717) is 6.04 Å². The summed E-state index contributed by atoms with van der Waals surface area (Å²) >= 11 is 0. The first-order valence-corrected chi connectivity index (χ1v) is 5.75. The van der Waals surface area contributed by atoms with Crippen LogP contribution in [0, 0.1) is 6.92 Å². The number of carboxylic acid groups (broad SMARTS) is 1. The minimum Gasteiger partial charge on any atom is -0.544 e. The molecule has 0 amide bonds. The summed E-state index contributed by atoms with van der Waals surface area (Å²) in [7, 11) is 0. The van der Waals surface area contributed by atoms with Crippen LogP contribution in [0.15, 0.2) is 24.3 Å². The predicted molar refractivity (Wildman–Crippen MR) is 58.7 cm³/mol. The van der Waals surface area contributed by atoms with E-state index in [4.69, 9.17) is 0 Å². The third-order valence-corrected chi connectivity index (χ3v) is 3.20. The van der Waals surface area contributed by atoms with E-state index >= 15 is 0 Å². The predicted octanol–water partition coefficient (Wildman–Crippen LogP) is -0.708. The van der Waals surface area contributed by atoms with Crippen molar-refractivity contribution in [2.45, 2.75) is 32.4 Å². The maximum absolute atomic E-state index is 10.7. The van der Waals surface area contributed by atoms with E-state index in [2.05, 4.69) is 19.1 Å². The molecule has 3 heteroatoms. The molecule has 0 saturated heterocycles. The lowest BCUT2D eigenvalue weighted by atomic mass is 10.1. The lowest BCUT2D eigenvalue weighted by molar-refractivity contribution is -0.919. The highest BCUT2D eigenvalue weighted by Gasteiger charge is 2.33. The second kappa shape index (κ2) is 4.66. The van der Waals surface area contributed by atoms with Crippen molar-refractivity contribution in [3.05, 3.63) is 35.4 Å². The van der Waals surface area contributed by atoms with Crippen LogP contribution in [0.4, 0.5) is 0 Å². The van der Waals surface area contributed by atoms with Crippen LogP contribution >= 0.6 is 0 Å². The van der Waals surface area contributed by atoms with Crippen LogP contribution in [0.2, 0.25) is 0 Å². The van der Waals surface area contributed by atoms with Gasteiger partial charge in [0, 0.05) is 18.4 Å². The van der Waals surface area contributed by atoms with E-state index in [9.17, 15) is 9.90 Å². The summed E-state index contributed by atoms with van der Waals surface area (Å²) < 4.78 is 0. The molecule has 0 radical (unpaired) electrons. The third kappa shape index (κ3) is 2.83. The van der Waals surface area contributed by atoms with Gasteiger partial charge in [0.25, 0.3) is 0 Å². The molecule has 1 aromatic rings. The average molecular weight is 219 g/mol. The van der Waals surface area contributed by atoms with Gasteiger partial charge in [-0.3, -0.25) is 0 Å². The Kier molecular flexibility index (Phi) is 3.25. The zero-order chi connectivity index (χ0) is 11.5. The molecule has 0 aromatic heterocycles. The van der Waals surface area contributed by atoms with E-state index in [1.165, 1.54) is 11.1 Å². The summed E-state index contributed by atoms with van der Waals surface area (Å²) in [6.45, 7) is 2.99. The van der Waals surface area contributed by atoms with Gasteiger partial charge in [0.2, 0.25) is 0 Å². The van der Waals surface area contributed by atoms with Crippen molar-refractivity contribution in [1.29, 1.82) is 0 Å². The second-order valence-electron chi connectivity index (χ2n) is 4.58. The Morgan fingerprint density at radius 3 is 2.69 bits per heavy atom. The largest absolute Gasteiger partial charge is 0.544 e. The summed E-state index contributed by atoms with van der Waals surface area (Å²) in [5.74, 6) is -0.949. The van der Waals surface area contributed by atoms with E-state index in [1.807, 2.05) is 12.1 Å². The summed E-state index contributed by atoms with van der Waals surface area (Å²) in [6.07, 6.45) is 2.29. The second-order valence-corrected chi connectivity index (χ2v) is 4.58. The minimum atomic E-state index is -0.949. The highest BCUT2D eigenvalue weighted by Crippen LogP contribution is 2.16. The van der Waals surface area contributed by atoms with Crippen molar-refractivity contribution >= 4 is 5.97 Å². The normalized spacial score (nSPS) is 17.1. The van der Waals surface area contributed by atoms with Crippen LogP contribution in [0.25, 0.3) is 0 Å². The molecule has 1 N–H and O–H groups in total. The quantitative estimate of drug-likeness (QED) is 0.711. The van der Waals surface area contributed by atoms with Crippen molar-refractivity contribution in [1.82, 2.24) is 0 Å². The third-order valence-electron chi connectivity index (χ3n) is 3.20. The molecule has 86 valence electrons. The minimum absolute atomic E-state index is 0.124. The van der Waals surface area contributed by atoms with Crippen LogP contribution < -0.4 is 10.0 Å². The number of rotatable bonds is 5. The molecule has 2 rings (SSSR count). The highest BCUT2D eigenvalue weighted by atomic mass is 16.4. The summed E-state index contributed by atoms with van der Waals surface area (Å²) in [5.41, 5.74) is 2.48. The van der Waals surface area contributed by atoms with Gasteiger partial charge in [-0.25, -0.2) is 0 Å². The molecule has 1 aliphatic carbocycles. The average Bonchev–Trinajstić information content (AvgIpc) is 3.03. The number of hydrogen-bond donors (Lipinski definition) is 1. The molecule has 1 unspecified atom stereocenters. The van der Waals surface area contributed by atoms with Crippen molar-refractivity contribution in [2.75, 3.05) is 6.54 Å². The molecular weight excluding hydrogens is 202 g/mol. The van der Waals surface area contributed by atoms with Gasteiger partial charge in [-0.15, -0.1) is 0 Å². The first kappa shape index (κ1) is 11.1. The topological polar surface area (TPSA) is 44.6 Å². The van der Waals surface area contributed by atoms with Gasteiger partial charge >= 0.3 is 0 Å². The zero-order valence-corrected chi connectivity index (χ0v) is 9.53. The Hall–Kier alpha value is -1.35. The first-order valence-electron chi connectivity index (χ1n) is 5.75. The maximum atomic E-state index is 10.7. The van der Waals surface area contributed by atoms with E-state index in [0.717, 1.165) is 24.3 Å². The monoisotopic (exact) mass is 219 g/mol. The summed E-state index contributed by atoms with van der Waals surface area (Å²) in [5, 5.41) is 10.7. The molecule has 1 atom stereocenters. The van der Waals surface area contributed by atoms with E-state index in [1.54, 1.807) is 0 Å². The lowest BCUT2D eigenvalue weighted by Crippen LogP contribution is -3.13. The Balaban J connectivity index is 2.05. The van der Waals surface area contributed by atoms with Crippen LogP contribution in [-0.4, -0.2) is 18.6 Å². The molecule has 1 aromatic carbocycles. The molecule has 0 bridgehead atoms. The number of carbonyl (C=O) groups is 1. The number of aliphatic carboxylic acids is 1. The van der Waals surface area contributed by atoms with E-state index in [-0.39, 0.29) is 6.54 Å². The van der Waals surface area contributed by atoms with Crippen molar-refractivity contribution in [2.24, 2.45) is 0 Å². The molecule has 1 saturated carbocycles. The van der Waals surface area contributed by atoms with Gasteiger partial charge in [0.15, 0.2) is 0 Å². The fraction of sp³-hybridized carbons (Fsp3) is 0.462. The van der Waals surface area contributed by atoms with Crippen LogP contribution in [0.3, 0.4) is 0 Å². The van der Waals surface area contributed by atoms with Gasteiger partial charge in [0.1, 0.15) is 13.1 Å². The van der Waals surface area contributed by atoms with Crippen molar-refractivity contribution < 1.29 is 14.8 Å². The molecular formula is C13H17NO2. The smallest absolute Gasteiger partial charge is 0.118 e. The summed E-state index contributed by atoms with van der Waals surface area (Å²) in [4.78, 5) is 11.8. The Labute approximate surface area is 95.7 Å². The Morgan fingerprint density at radius 2 is 2.12 bits per heavy atom. The number of aryl methyl sites for hydroxylation is 1. The number of carboxylic acids is 1. The SMILES string of the molecule is Cc1ccccc1C[NH+](CC(=O)[O-])C1CC1. The molecule has 0 aliphatic heterocycles. The maximum Gasteiger partial charge on any atom is 0.118 e. The standard InChI is InChI=1S/C13H17NO2/c1-10-4-2-3-5-11(10)8-14(9-13(15)16)12-6-7-12/h2-5,12H,6-9H2,1H3,(H,15,16). The zero-order valence-electron chi connectivity index (χ0n) is 9.53. The van der Waals surface area contributed by atoms with Crippen LogP contribution in [-0.2, 0) is 11.3 Å². The fourth-order valence-corrected chi connectivity index (χ4v) is 2.08. The van der Waals surface area contributed by atoms with Crippen molar-refractivity contribution in [3.8, 4) is 0 Å². The number of benzene rings is 1. The van der Waals surface area contributed by atoms with Crippen LogP contribution in [0.5, 0.6) is 0 Å². The van der Waals surface area contributed by atoms with Gasteiger partial charge in [-0.2, -0.15) is 0 Å². The van der Waals surface area contributed by atoms with E-state index < -0.39 is 5.97 Å². The van der Waals surface area contributed by atoms with Crippen LogP contribution in [0.1, 0.15) is 24.0 Å². The number of carbonyl (C=O) groups excluding carboxylic acids is 1. The summed E-state index contributed by atoms with van der Waals surface area (Å²) in [6, 6.07) is 8.68. The molecule has 16 heavy (non-hydrogen) atoms. The Bertz CT molecular complexity index is 385. The Morgan fingerprint density at radius 1 is 1.44 bits per heavy atom. The lowest BCUT2D eigenvalue weighted by Gasteiger charge is -2.20. The fourth-order valence-electron chi connectivity index (χ4n) is 2.08. The molecule has 3 nitrogen and oxygen atoms in total. The highest BCUT2D eigenvalue weighted by molar-refractivity contribution is 5.65. The number of nitrogens with one attached hydrogen (secondary N) is 1. The molecule has 0 spiro atoms. The van der Waals surface area contributed by atoms with Gasteiger partial charge in [-0.05, 0) is 12.5 Å². The molecule has 0 heterocycles. The van der Waals surface area contributed by atoms with Gasteiger partial charge in [0.05, 0.1) is 12.0 Å². The molecule has 1 aliphatic rings. The van der Waals surface area contributed by atoms with Crippen molar-refractivity contribution in [3.63, 3.8) is 0 Å².